The standard InChI is InChI=1S/C13H16BNO2/c1-10-8-13(2,3)17-14(16-10)12-6-4-5-11(7-12)9-15/h4-7,10H,8H2,1-3H3/t10-/m0/s1. The summed E-state index contributed by atoms with van der Waals surface area (Å²) < 4.78 is 11.7. The number of hydrogen-bond donors (Lipinski definition) is 0. The van der Waals surface area contributed by atoms with Crippen LogP contribution >= 0.6 is 0 Å². The molecular weight excluding hydrogens is 213 g/mol. The molecule has 1 aliphatic heterocycles. The Hall–Kier alpha value is -1.31. The minimum atomic E-state index is -0.373. The highest BCUT2D eigenvalue weighted by Crippen LogP contribution is 2.25. The first kappa shape index (κ1) is 12.2. The van der Waals surface area contributed by atoms with Gasteiger partial charge < -0.3 is 9.31 Å². The zero-order valence-corrected chi connectivity index (χ0v) is 10.4. The topological polar surface area (TPSA) is 42.2 Å². The Labute approximate surface area is 102 Å². The van der Waals surface area contributed by atoms with Crippen molar-refractivity contribution in [2.24, 2.45) is 0 Å². The van der Waals surface area contributed by atoms with E-state index in [-0.39, 0.29) is 18.8 Å². The lowest BCUT2D eigenvalue weighted by atomic mass is 9.74. The predicted octanol–water partition coefficient (Wildman–Crippen LogP) is 1.86. The van der Waals surface area contributed by atoms with Gasteiger partial charge in [-0.25, -0.2) is 0 Å². The van der Waals surface area contributed by atoms with Crippen LogP contribution in [0.3, 0.4) is 0 Å². The summed E-state index contributed by atoms with van der Waals surface area (Å²) in [4.78, 5) is 0. The van der Waals surface area contributed by atoms with E-state index in [4.69, 9.17) is 14.6 Å². The van der Waals surface area contributed by atoms with E-state index in [2.05, 4.69) is 19.9 Å². The Bertz CT molecular complexity index is 453. The van der Waals surface area contributed by atoms with Gasteiger partial charge in [-0.15, -0.1) is 0 Å². The van der Waals surface area contributed by atoms with Gasteiger partial charge in [-0.3, -0.25) is 0 Å². The summed E-state index contributed by atoms with van der Waals surface area (Å²) in [7, 11) is -0.373. The average molecular weight is 229 g/mol. The van der Waals surface area contributed by atoms with Crippen molar-refractivity contribution in [3.05, 3.63) is 29.8 Å². The number of rotatable bonds is 1. The second-order valence-corrected chi connectivity index (χ2v) is 5.10. The molecule has 0 unspecified atom stereocenters. The molecule has 2 rings (SSSR count). The Balaban J connectivity index is 2.24. The third-order valence-corrected chi connectivity index (χ3v) is 2.85. The summed E-state index contributed by atoms with van der Waals surface area (Å²) in [6.07, 6.45) is 1.04. The Kier molecular flexibility index (Phi) is 3.23. The highest BCUT2D eigenvalue weighted by Gasteiger charge is 2.38. The van der Waals surface area contributed by atoms with Crippen molar-refractivity contribution >= 4 is 12.6 Å². The molecule has 3 nitrogen and oxygen atoms in total. The van der Waals surface area contributed by atoms with Crippen LogP contribution < -0.4 is 5.46 Å². The monoisotopic (exact) mass is 229 g/mol. The van der Waals surface area contributed by atoms with Gasteiger partial charge in [0.25, 0.3) is 0 Å². The molecule has 0 amide bonds. The molecule has 1 aliphatic rings. The maximum atomic E-state index is 8.88. The highest BCUT2D eigenvalue weighted by molar-refractivity contribution is 6.61. The molecule has 1 heterocycles. The van der Waals surface area contributed by atoms with Crippen molar-refractivity contribution in [3.63, 3.8) is 0 Å². The van der Waals surface area contributed by atoms with Gasteiger partial charge in [-0.1, -0.05) is 12.1 Å². The van der Waals surface area contributed by atoms with Gasteiger partial charge in [-0.05, 0) is 44.8 Å². The fourth-order valence-electron chi connectivity index (χ4n) is 2.22. The molecular formula is C13H16BNO2. The van der Waals surface area contributed by atoms with Crippen molar-refractivity contribution in [1.82, 2.24) is 0 Å². The van der Waals surface area contributed by atoms with Gasteiger partial charge in [0.1, 0.15) is 0 Å². The molecule has 17 heavy (non-hydrogen) atoms. The SMILES string of the molecule is C[C@H]1CC(C)(C)OB(c2cccc(C#N)c2)O1. The lowest BCUT2D eigenvalue weighted by Gasteiger charge is -2.38. The van der Waals surface area contributed by atoms with Crippen molar-refractivity contribution in [3.8, 4) is 6.07 Å². The summed E-state index contributed by atoms with van der Waals surface area (Å²) in [5.41, 5.74) is 1.35. The van der Waals surface area contributed by atoms with Crippen LogP contribution in [-0.4, -0.2) is 18.8 Å². The van der Waals surface area contributed by atoms with Crippen LogP contribution in [0.4, 0.5) is 0 Å². The lowest BCUT2D eigenvalue weighted by Crippen LogP contribution is -2.51. The van der Waals surface area contributed by atoms with Gasteiger partial charge in [0, 0.05) is 6.10 Å². The first-order valence-corrected chi connectivity index (χ1v) is 5.83. The normalized spacial score (nSPS) is 23.2. The van der Waals surface area contributed by atoms with Gasteiger partial charge in [0.2, 0.25) is 0 Å². The number of benzene rings is 1. The fraction of sp³-hybridized carbons (Fsp3) is 0.462. The van der Waals surface area contributed by atoms with Crippen molar-refractivity contribution < 1.29 is 9.31 Å². The molecule has 88 valence electrons. The quantitative estimate of drug-likeness (QED) is 0.690. The van der Waals surface area contributed by atoms with E-state index >= 15 is 0 Å². The van der Waals surface area contributed by atoms with Gasteiger partial charge in [0.15, 0.2) is 0 Å². The summed E-state index contributed by atoms with van der Waals surface area (Å²) >= 11 is 0. The minimum absolute atomic E-state index is 0.162. The van der Waals surface area contributed by atoms with E-state index in [0.29, 0.717) is 5.56 Å². The Morgan fingerprint density at radius 1 is 1.47 bits per heavy atom. The minimum Gasteiger partial charge on any atom is -0.405 e. The molecule has 1 aromatic carbocycles. The summed E-state index contributed by atoms with van der Waals surface area (Å²) in [5.74, 6) is 0. The molecule has 4 heteroatoms. The molecule has 1 saturated heterocycles. The second kappa shape index (κ2) is 4.52. The van der Waals surface area contributed by atoms with E-state index in [1.54, 1.807) is 6.07 Å². The van der Waals surface area contributed by atoms with Crippen LogP contribution in [-0.2, 0) is 9.31 Å². The maximum absolute atomic E-state index is 8.88. The molecule has 0 aromatic heterocycles. The summed E-state index contributed by atoms with van der Waals surface area (Å²) in [6.45, 7) is 6.17. The van der Waals surface area contributed by atoms with Gasteiger partial charge in [0.05, 0.1) is 17.2 Å². The summed E-state index contributed by atoms with van der Waals surface area (Å²) in [5, 5.41) is 8.88. The van der Waals surface area contributed by atoms with Crippen LogP contribution in [0.15, 0.2) is 24.3 Å². The molecule has 0 radical (unpaired) electrons. The van der Waals surface area contributed by atoms with Crippen LogP contribution in [0.1, 0.15) is 32.8 Å². The number of nitrogens with zero attached hydrogens (tertiary/aromatic N) is 1. The fourth-order valence-corrected chi connectivity index (χ4v) is 2.22. The van der Waals surface area contributed by atoms with Crippen molar-refractivity contribution in [1.29, 1.82) is 5.26 Å². The van der Waals surface area contributed by atoms with E-state index in [9.17, 15) is 0 Å². The van der Waals surface area contributed by atoms with Crippen LogP contribution in [0.25, 0.3) is 0 Å². The zero-order valence-electron chi connectivity index (χ0n) is 10.4. The van der Waals surface area contributed by atoms with E-state index in [0.717, 1.165) is 11.9 Å². The molecule has 1 aromatic rings. The van der Waals surface area contributed by atoms with E-state index in [1.165, 1.54) is 0 Å². The third kappa shape index (κ3) is 2.88. The highest BCUT2D eigenvalue weighted by atomic mass is 16.6. The second-order valence-electron chi connectivity index (χ2n) is 5.10. The third-order valence-electron chi connectivity index (χ3n) is 2.85. The van der Waals surface area contributed by atoms with Gasteiger partial charge in [-0.2, -0.15) is 5.26 Å². The molecule has 1 atom stereocenters. The van der Waals surface area contributed by atoms with Crippen molar-refractivity contribution in [2.75, 3.05) is 0 Å². The summed E-state index contributed by atoms with van der Waals surface area (Å²) in [6, 6.07) is 9.51. The van der Waals surface area contributed by atoms with E-state index < -0.39 is 0 Å². The first-order chi connectivity index (χ1) is 8.00. The average Bonchev–Trinajstić information content (AvgIpc) is 2.26. The first-order valence-electron chi connectivity index (χ1n) is 5.83. The molecule has 1 fully saturated rings. The zero-order chi connectivity index (χ0) is 12.5. The van der Waals surface area contributed by atoms with E-state index in [1.807, 2.05) is 25.1 Å². The maximum Gasteiger partial charge on any atom is 0.494 e. The van der Waals surface area contributed by atoms with Crippen LogP contribution in [0.5, 0.6) is 0 Å². The lowest BCUT2D eigenvalue weighted by molar-refractivity contribution is -0.0229. The number of hydrogen-bond acceptors (Lipinski definition) is 3. The van der Waals surface area contributed by atoms with Crippen LogP contribution in [0.2, 0.25) is 0 Å². The molecule has 0 aliphatic carbocycles. The van der Waals surface area contributed by atoms with Crippen molar-refractivity contribution in [2.45, 2.75) is 38.9 Å². The van der Waals surface area contributed by atoms with Gasteiger partial charge >= 0.3 is 7.12 Å². The largest absolute Gasteiger partial charge is 0.494 e. The Morgan fingerprint density at radius 2 is 2.24 bits per heavy atom. The molecule has 0 bridgehead atoms. The van der Waals surface area contributed by atoms with Crippen LogP contribution in [0, 0.1) is 11.3 Å². The molecule has 0 spiro atoms. The number of nitriles is 1. The smallest absolute Gasteiger partial charge is 0.405 e. The molecule has 0 saturated carbocycles. The Morgan fingerprint density at radius 3 is 2.88 bits per heavy atom. The predicted molar refractivity (Wildman–Crippen MR) is 66.9 cm³/mol. The molecule has 0 N–H and O–H groups in total.